The molecule has 38 heavy (non-hydrogen) atoms. The van der Waals surface area contributed by atoms with Crippen LogP contribution in [0, 0.1) is 11.7 Å². The van der Waals surface area contributed by atoms with Gasteiger partial charge in [0.15, 0.2) is 0 Å². The van der Waals surface area contributed by atoms with E-state index in [0.29, 0.717) is 22.5 Å². The van der Waals surface area contributed by atoms with Crippen LogP contribution in [0.4, 0.5) is 17.6 Å². The molecule has 0 bridgehead atoms. The van der Waals surface area contributed by atoms with Crippen molar-refractivity contribution in [1.29, 1.82) is 0 Å². The Kier molecular flexibility index (Phi) is 7.11. The van der Waals surface area contributed by atoms with Gasteiger partial charge in [0, 0.05) is 37.5 Å². The zero-order valence-electron chi connectivity index (χ0n) is 20.7. The van der Waals surface area contributed by atoms with Crippen LogP contribution >= 0.6 is 0 Å². The maximum atomic E-state index is 13.7. The number of hydrogen-bond acceptors (Lipinski definition) is 7. The van der Waals surface area contributed by atoms with Crippen molar-refractivity contribution in [1.82, 2.24) is 40.3 Å². The third kappa shape index (κ3) is 5.23. The maximum absolute atomic E-state index is 13.7. The standard InChI is InChI=1S/C25H26F4N8O/c1-36-14-31-32-22(36)12-16-5-9-20(23(16)15-3-6-18(26)7-4-15)30-13-17-11-19(8-10-21(17)38-2)37-24(25(27,28)29)33-34-35-37/h3-4,6-8,10-11,14,16,20,23,30H,5,9,12-13H2,1-2H3. The van der Waals surface area contributed by atoms with Crippen LogP contribution in [0.5, 0.6) is 5.75 Å². The summed E-state index contributed by atoms with van der Waals surface area (Å²) in [4.78, 5) is 0. The zero-order chi connectivity index (χ0) is 26.9. The number of halogens is 4. The Labute approximate surface area is 215 Å². The molecule has 0 aliphatic heterocycles. The van der Waals surface area contributed by atoms with Crippen molar-refractivity contribution in [2.45, 2.75) is 43.9 Å². The second-order valence-electron chi connectivity index (χ2n) is 9.37. The first-order valence-corrected chi connectivity index (χ1v) is 12.1. The molecule has 3 unspecified atom stereocenters. The molecule has 0 radical (unpaired) electrons. The molecule has 2 heterocycles. The van der Waals surface area contributed by atoms with Gasteiger partial charge in [0.2, 0.25) is 0 Å². The Bertz CT molecular complexity index is 1380. The molecule has 1 N–H and O–H groups in total. The smallest absolute Gasteiger partial charge is 0.453 e. The van der Waals surface area contributed by atoms with E-state index in [1.807, 2.05) is 11.6 Å². The molecule has 0 amide bonds. The van der Waals surface area contributed by atoms with Crippen LogP contribution in [0.2, 0.25) is 0 Å². The van der Waals surface area contributed by atoms with Crippen molar-refractivity contribution >= 4 is 0 Å². The zero-order valence-corrected chi connectivity index (χ0v) is 20.7. The fourth-order valence-corrected chi connectivity index (χ4v) is 5.27. The van der Waals surface area contributed by atoms with E-state index in [0.717, 1.165) is 30.7 Å². The van der Waals surface area contributed by atoms with Gasteiger partial charge in [-0.3, -0.25) is 0 Å². The van der Waals surface area contributed by atoms with Gasteiger partial charge in [0.25, 0.3) is 5.82 Å². The van der Waals surface area contributed by atoms with Crippen LogP contribution in [-0.4, -0.2) is 48.1 Å². The summed E-state index contributed by atoms with van der Waals surface area (Å²) in [5, 5.41) is 21.7. The summed E-state index contributed by atoms with van der Waals surface area (Å²) < 4.78 is 61.8. The average Bonchev–Trinajstić information content (AvgIpc) is 3.64. The van der Waals surface area contributed by atoms with Crippen molar-refractivity contribution in [2.24, 2.45) is 13.0 Å². The van der Waals surface area contributed by atoms with E-state index in [4.69, 9.17) is 4.74 Å². The molecule has 1 aliphatic carbocycles. The molecule has 9 nitrogen and oxygen atoms in total. The van der Waals surface area contributed by atoms with E-state index < -0.39 is 12.0 Å². The third-order valence-corrected chi connectivity index (χ3v) is 7.08. The van der Waals surface area contributed by atoms with Gasteiger partial charge in [0.1, 0.15) is 23.7 Å². The van der Waals surface area contributed by atoms with Crippen molar-refractivity contribution < 1.29 is 22.3 Å². The molecule has 2 aromatic carbocycles. The van der Waals surface area contributed by atoms with E-state index in [1.54, 1.807) is 30.6 Å². The van der Waals surface area contributed by atoms with Crippen LogP contribution in [-0.2, 0) is 26.2 Å². The molecule has 13 heteroatoms. The largest absolute Gasteiger partial charge is 0.496 e. The number of aryl methyl sites for hydroxylation is 1. The lowest BCUT2D eigenvalue weighted by atomic mass is 9.84. The van der Waals surface area contributed by atoms with Crippen molar-refractivity contribution in [3.8, 4) is 11.4 Å². The second-order valence-corrected chi connectivity index (χ2v) is 9.37. The van der Waals surface area contributed by atoms with Crippen LogP contribution in [0.15, 0.2) is 48.8 Å². The summed E-state index contributed by atoms with van der Waals surface area (Å²) >= 11 is 0. The van der Waals surface area contributed by atoms with E-state index in [9.17, 15) is 17.6 Å². The highest BCUT2D eigenvalue weighted by molar-refractivity contribution is 5.44. The highest BCUT2D eigenvalue weighted by Crippen LogP contribution is 2.42. The number of rotatable bonds is 8. The molecule has 2 aromatic heterocycles. The minimum Gasteiger partial charge on any atom is -0.496 e. The lowest BCUT2D eigenvalue weighted by molar-refractivity contribution is -0.146. The fraction of sp³-hybridized carbons (Fsp3) is 0.400. The Balaban J connectivity index is 1.40. The lowest BCUT2D eigenvalue weighted by Crippen LogP contribution is -2.33. The van der Waals surface area contributed by atoms with Crippen LogP contribution in [0.3, 0.4) is 0 Å². The van der Waals surface area contributed by atoms with Gasteiger partial charge in [0.05, 0.1) is 12.8 Å². The van der Waals surface area contributed by atoms with Crippen LogP contribution in [0.25, 0.3) is 5.69 Å². The number of methoxy groups -OCH3 is 1. The fourth-order valence-electron chi connectivity index (χ4n) is 5.27. The number of aromatic nitrogens is 7. The van der Waals surface area contributed by atoms with E-state index in [2.05, 4.69) is 31.0 Å². The molecule has 3 atom stereocenters. The Hall–Kier alpha value is -3.87. The molecule has 4 aromatic rings. The Morgan fingerprint density at radius 1 is 1.08 bits per heavy atom. The van der Waals surface area contributed by atoms with Gasteiger partial charge in [-0.05, 0) is 65.1 Å². The van der Waals surface area contributed by atoms with E-state index in [1.165, 1.54) is 25.3 Å². The number of ether oxygens (including phenoxy) is 1. The van der Waals surface area contributed by atoms with Crippen LogP contribution in [0.1, 0.15) is 41.5 Å². The normalized spacial score (nSPS) is 19.7. The molecule has 1 saturated carbocycles. The summed E-state index contributed by atoms with van der Waals surface area (Å²) in [6.45, 7) is 0.333. The molecule has 0 saturated heterocycles. The quantitative estimate of drug-likeness (QED) is 0.346. The van der Waals surface area contributed by atoms with Gasteiger partial charge >= 0.3 is 6.18 Å². The highest BCUT2D eigenvalue weighted by Gasteiger charge is 2.39. The average molecular weight is 531 g/mol. The maximum Gasteiger partial charge on any atom is 0.453 e. The van der Waals surface area contributed by atoms with Gasteiger partial charge in [-0.25, -0.2) is 4.39 Å². The third-order valence-electron chi connectivity index (χ3n) is 7.08. The summed E-state index contributed by atoms with van der Waals surface area (Å²) in [6, 6.07) is 11.2. The first-order chi connectivity index (χ1) is 18.2. The Morgan fingerprint density at radius 2 is 1.87 bits per heavy atom. The Morgan fingerprint density at radius 3 is 2.55 bits per heavy atom. The van der Waals surface area contributed by atoms with E-state index in [-0.39, 0.29) is 29.4 Å². The predicted octanol–water partition coefficient (Wildman–Crippen LogP) is 3.85. The van der Waals surface area contributed by atoms with Crippen molar-refractivity contribution in [3.05, 3.63) is 77.4 Å². The molecular formula is C25H26F4N8O. The number of tetrazole rings is 1. The van der Waals surface area contributed by atoms with Crippen LogP contribution < -0.4 is 10.1 Å². The number of benzene rings is 2. The number of nitrogens with one attached hydrogen (secondary N) is 1. The number of alkyl halides is 3. The molecule has 1 aliphatic rings. The summed E-state index contributed by atoms with van der Waals surface area (Å²) in [5.41, 5.74) is 1.84. The van der Waals surface area contributed by atoms with Crippen molar-refractivity contribution in [3.63, 3.8) is 0 Å². The SMILES string of the molecule is COc1ccc(-n2nnnc2C(F)(F)F)cc1CNC1CCC(Cc2nncn2C)C1c1ccc(F)cc1. The summed E-state index contributed by atoms with van der Waals surface area (Å²) in [5.74, 6) is 0.195. The number of nitrogens with zero attached hydrogens (tertiary/aromatic N) is 7. The molecular weight excluding hydrogens is 504 g/mol. The predicted molar refractivity (Wildman–Crippen MR) is 128 cm³/mol. The summed E-state index contributed by atoms with van der Waals surface area (Å²) in [7, 11) is 3.41. The van der Waals surface area contributed by atoms with Gasteiger partial charge in [-0.1, -0.05) is 12.1 Å². The minimum atomic E-state index is -4.70. The molecule has 1 fully saturated rings. The topological polar surface area (TPSA) is 95.6 Å². The molecule has 5 rings (SSSR count). The minimum absolute atomic E-state index is 0.0332. The molecule has 0 spiro atoms. The lowest BCUT2D eigenvalue weighted by Gasteiger charge is -2.27. The van der Waals surface area contributed by atoms with Gasteiger partial charge in [-0.2, -0.15) is 17.9 Å². The first-order valence-electron chi connectivity index (χ1n) is 12.1. The number of hydrogen-bond donors (Lipinski definition) is 1. The second kappa shape index (κ2) is 10.5. The highest BCUT2D eigenvalue weighted by atomic mass is 19.4. The van der Waals surface area contributed by atoms with Gasteiger partial charge in [-0.15, -0.1) is 15.3 Å². The molecule has 200 valence electrons. The van der Waals surface area contributed by atoms with E-state index >= 15 is 0 Å². The monoisotopic (exact) mass is 530 g/mol. The van der Waals surface area contributed by atoms with Gasteiger partial charge < -0.3 is 14.6 Å². The first kappa shape index (κ1) is 25.8. The summed E-state index contributed by atoms with van der Waals surface area (Å²) in [6.07, 6.45) is -0.539. The van der Waals surface area contributed by atoms with Crippen molar-refractivity contribution in [2.75, 3.05) is 7.11 Å².